The molecule has 1 saturated heterocycles. The van der Waals surface area contributed by atoms with E-state index in [0.29, 0.717) is 23.4 Å². The summed E-state index contributed by atoms with van der Waals surface area (Å²) in [6, 6.07) is 8.96. The maximum absolute atomic E-state index is 12.7. The quantitative estimate of drug-likeness (QED) is 0.511. The van der Waals surface area contributed by atoms with Crippen molar-refractivity contribution in [1.82, 2.24) is 14.8 Å². The summed E-state index contributed by atoms with van der Waals surface area (Å²) in [5.41, 5.74) is 2.58. The predicted molar refractivity (Wildman–Crippen MR) is 106 cm³/mol. The minimum absolute atomic E-state index is 0.127. The fourth-order valence-electron chi connectivity index (χ4n) is 3.43. The number of carbonyl (C=O) groups is 2. The summed E-state index contributed by atoms with van der Waals surface area (Å²) >= 11 is 0. The van der Waals surface area contributed by atoms with Gasteiger partial charge in [0.15, 0.2) is 5.65 Å². The normalized spacial score (nSPS) is 14.3. The van der Waals surface area contributed by atoms with Gasteiger partial charge < -0.3 is 9.64 Å². The molecule has 1 amide bonds. The van der Waals surface area contributed by atoms with E-state index >= 15 is 0 Å². The lowest BCUT2D eigenvalue weighted by Crippen LogP contribution is -2.23. The average molecular weight is 378 g/mol. The van der Waals surface area contributed by atoms with Crippen LogP contribution in [-0.2, 0) is 4.79 Å². The molecular weight excluding hydrogens is 356 g/mol. The number of amides is 1. The molecule has 1 fully saturated rings. The molecule has 0 N–H and O–H groups in total. The van der Waals surface area contributed by atoms with Crippen molar-refractivity contribution in [3.8, 4) is 5.75 Å². The van der Waals surface area contributed by atoms with Gasteiger partial charge in [-0.1, -0.05) is 0 Å². The van der Waals surface area contributed by atoms with Gasteiger partial charge in [-0.2, -0.15) is 5.10 Å². The van der Waals surface area contributed by atoms with Crippen molar-refractivity contribution in [2.75, 3.05) is 11.4 Å². The maximum Gasteiger partial charge on any atom is 0.345 e. The SMILES string of the molecule is Cc1nc2c(cnn2C(C)C)cc1C(=O)Oc1ccc(N2CCCC2=O)cc1. The molecule has 3 aromatic rings. The Hall–Kier alpha value is -3.22. The van der Waals surface area contributed by atoms with E-state index in [0.717, 1.165) is 29.7 Å². The molecule has 0 unspecified atom stereocenters. The van der Waals surface area contributed by atoms with Crippen LogP contribution in [0, 0.1) is 6.92 Å². The fourth-order valence-corrected chi connectivity index (χ4v) is 3.43. The largest absolute Gasteiger partial charge is 0.423 e. The summed E-state index contributed by atoms with van der Waals surface area (Å²) < 4.78 is 7.35. The smallest absolute Gasteiger partial charge is 0.345 e. The van der Waals surface area contributed by atoms with E-state index in [1.807, 2.05) is 18.5 Å². The molecule has 7 nitrogen and oxygen atoms in total. The minimum Gasteiger partial charge on any atom is -0.423 e. The van der Waals surface area contributed by atoms with Gasteiger partial charge in [-0.05, 0) is 57.5 Å². The van der Waals surface area contributed by atoms with Gasteiger partial charge >= 0.3 is 5.97 Å². The van der Waals surface area contributed by atoms with Crippen molar-refractivity contribution in [3.05, 3.63) is 47.8 Å². The zero-order valence-corrected chi connectivity index (χ0v) is 16.2. The van der Waals surface area contributed by atoms with Gasteiger partial charge in [0.25, 0.3) is 0 Å². The molecule has 2 aromatic heterocycles. The number of carbonyl (C=O) groups excluding carboxylic acids is 2. The molecule has 1 aliphatic rings. The lowest BCUT2D eigenvalue weighted by atomic mass is 10.1. The first kappa shape index (κ1) is 18.2. The molecule has 3 heterocycles. The first-order chi connectivity index (χ1) is 13.4. The van der Waals surface area contributed by atoms with Crippen molar-refractivity contribution in [1.29, 1.82) is 0 Å². The zero-order valence-electron chi connectivity index (χ0n) is 16.2. The molecule has 0 aliphatic carbocycles. The highest BCUT2D eigenvalue weighted by Gasteiger charge is 2.22. The molecule has 1 aliphatic heterocycles. The van der Waals surface area contributed by atoms with Crippen LogP contribution in [0.1, 0.15) is 48.8 Å². The second-order valence-electron chi connectivity index (χ2n) is 7.25. The standard InChI is InChI=1S/C21H22N4O3/c1-13(2)25-20-15(12-22-25)11-18(14(3)23-20)21(27)28-17-8-6-16(7-9-17)24-10-4-5-19(24)26/h6-9,11-13H,4-5,10H2,1-3H3. The van der Waals surface area contributed by atoms with Crippen molar-refractivity contribution in [3.63, 3.8) is 0 Å². The molecular formula is C21H22N4O3. The highest BCUT2D eigenvalue weighted by atomic mass is 16.5. The Morgan fingerprint density at radius 2 is 1.96 bits per heavy atom. The van der Waals surface area contributed by atoms with Crippen LogP contribution in [0.25, 0.3) is 11.0 Å². The Bertz CT molecular complexity index is 1050. The molecule has 0 saturated carbocycles. The number of esters is 1. The van der Waals surface area contributed by atoms with Crippen LogP contribution in [0.2, 0.25) is 0 Å². The van der Waals surface area contributed by atoms with Gasteiger partial charge in [0.2, 0.25) is 5.91 Å². The molecule has 0 atom stereocenters. The summed E-state index contributed by atoms with van der Waals surface area (Å²) in [4.78, 5) is 30.8. The van der Waals surface area contributed by atoms with Crippen LogP contribution in [0.4, 0.5) is 5.69 Å². The number of anilines is 1. The van der Waals surface area contributed by atoms with Crippen LogP contribution < -0.4 is 9.64 Å². The van der Waals surface area contributed by atoms with Gasteiger partial charge in [0.1, 0.15) is 5.75 Å². The van der Waals surface area contributed by atoms with E-state index in [-0.39, 0.29) is 11.9 Å². The second-order valence-corrected chi connectivity index (χ2v) is 7.25. The maximum atomic E-state index is 12.7. The number of benzene rings is 1. The van der Waals surface area contributed by atoms with Crippen molar-refractivity contribution >= 4 is 28.6 Å². The van der Waals surface area contributed by atoms with E-state index in [2.05, 4.69) is 10.1 Å². The van der Waals surface area contributed by atoms with E-state index < -0.39 is 5.97 Å². The number of ether oxygens (including phenoxy) is 1. The van der Waals surface area contributed by atoms with Crippen molar-refractivity contribution < 1.29 is 14.3 Å². The van der Waals surface area contributed by atoms with Crippen LogP contribution in [0.5, 0.6) is 5.75 Å². The van der Waals surface area contributed by atoms with Gasteiger partial charge in [-0.3, -0.25) is 4.79 Å². The number of aromatic nitrogens is 3. The molecule has 28 heavy (non-hydrogen) atoms. The van der Waals surface area contributed by atoms with E-state index in [1.165, 1.54) is 0 Å². The molecule has 144 valence electrons. The highest BCUT2D eigenvalue weighted by Crippen LogP contribution is 2.25. The van der Waals surface area contributed by atoms with Gasteiger partial charge in [0, 0.05) is 30.1 Å². The van der Waals surface area contributed by atoms with Crippen LogP contribution in [0.15, 0.2) is 36.5 Å². The Morgan fingerprint density at radius 1 is 1.21 bits per heavy atom. The third-order valence-electron chi connectivity index (χ3n) is 4.90. The van der Waals surface area contributed by atoms with Crippen molar-refractivity contribution in [2.24, 2.45) is 0 Å². The molecule has 1 aromatic carbocycles. The zero-order chi connectivity index (χ0) is 19.8. The average Bonchev–Trinajstić information content (AvgIpc) is 3.27. The number of aryl methyl sites for hydroxylation is 1. The molecule has 0 spiro atoms. The third-order valence-corrected chi connectivity index (χ3v) is 4.90. The number of pyridine rings is 1. The molecule has 0 radical (unpaired) electrons. The summed E-state index contributed by atoms with van der Waals surface area (Å²) in [5, 5.41) is 5.14. The number of hydrogen-bond donors (Lipinski definition) is 0. The summed E-state index contributed by atoms with van der Waals surface area (Å²) in [5.74, 6) is 0.0913. The second kappa shape index (κ2) is 7.07. The summed E-state index contributed by atoms with van der Waals surface area (Å²) in [6.07, 6.45) is 3.16. The van der Waals surface area contributed by atoms with Gasteiger partial charge in [0.05, 0.1) is 17.5 Å². The fraction of sp³-hybridized carbons (Fsp3) is 0.333. The Kier molecular flexibility index (Phi) is 4.58. The lowest BCUT2D eigenvalue weighted by molar-refractivity contribution is -0.117. The molecule has 4 rings (SSSR count). The summed E-state index contributed by atoms with van der Waals surface area (Å²) in [7, 11) is 0. The van der Waals surface area contributed by atoms with E-state index in [4.69, 9.17) is 4.74 Å². The number of fused-ring (bicyclic) bond motifs is 1. The topological polar surface area (TPSA) is 77.3 Å². The number of nitrogens with zero attached hydrogens (tertiary/aromatic N) is 4. The third kappa shape index (κ3) is 3.24. The summed E-state index contributed by atoms with van der Waals surface area (Å²) in [6.45, 7) is 6.58. The highest BCUT2D eigenvalue weighted by molar-refractivity contribution is 5.96. The van der Waals surface area contributed by atoms with Gasteiger partial charge in [-0.25, -0.2) is 14.5 Å². The van der Waals surface area contributed by atoms with Crippen LogP contribution in [-0.4, -0.2) is 33.2 Å². The minimum atomic E-state index is -0.464. The molecule has 7 heteroatoms. The monoisotopic (exact) mass is 378 g/mol. The predicted octanol–water partition coefficient (Wildman–Crippen LogP) is 3.67. The Morgan fingerprint density at radius 3 is 2.61 bits per heavy atom. The molecule has 0 bridgehead atoms. The van der Waals surface area contributed by atoms with Crippen molar-refractivity contribution in [2.45, 2.75) is 39.7 Å². The Labute approximate surface area is 162 Å². The lowest BCUT2D eigenvalue weighted by Gasteiger charge is -2.16. The van der Waals surface area contributed by atoms with Gasteiger partial charge in [-0.15, -0.1) is 0 Å². The first-order valence-electron chi connectivity index (χ1n) is 9.41. The van der Waals surface area contributed by atoms with Crippen LogP contribution >= 0.6 is 0 Å². The number of rotatable bonds is 4. The first-order valence-corrected chi connectivity index (χ1v) is 9.41. The number of hydrogen-bond acceptors (Lipinski definition) is 5. The van der Waals surface area contributed by atoms with Crippen LogP contribution in [0.3, 0.4) is 0 Å². The van der Waals surface area contributed by atoms with E-state index in [1.54, 1.807) is 48.4 Å². The Balaban J connectivity index is 1.55. The van der Waals surface area contributed by atoms with E-state index in [9.17, 15) is 9.59 Å².